The van der Waals surface area contributed by atoms with Crippen LogP contribution in [0.1, 0.15) is 89.5 Å². The Morgan fingerprint density at radius 3 is 2.61 bits per heavy atom. The van der Waals surface area contributed by atoms with Crippen LogP contribution in [0.25, 0.3) is 0 Å². The molecule has 41 heavy (non-hydrogen) atoms. The van der Waals surface area contributed by atoms with Gasteiger partial charge in [0.25, 0.3) is 0 Å². The quantitative estimate of drug-likeness (QED) is 0.257. The Labute approximate surface area is 246 Å². The normalized spacial score (nSPS) is 34.5. The van der Waals surface area contributed by atoms with Crippen molar-refractivity contribution < 1.29 is 9.53 Å². The monoisotopic (exact) mass is 554 g/mol. The molecule has 2 saturated carbocycles. The summed E-state index contributed by atoms with van der Waals surface area (Å²) in [6.07, 6.45) is 12.7. The topological polar surface area (TPSA) is 59.0 Å². The smallest absolute Gasteiger partial charge is 0.162 e. The number of nitroso groups, excluding NO2 is 1. The van der Waals surface area contributed by atoms with Crippen molar-refractivity contribution in [3.63, 3.8) is 0 Å². The molecule has 5 aliphatic rings. The number of ether oxygens (including phenoxy) is 1. The first-order valence-corrected chi connectivity index (χ1v) is 16.0. The standard InChI is InChI=1S/C36H46N2O3/c1-4-5-9-25-20-30-32-16-17-33(34(39)23-41-3)36(32,2)22-31(35(30)28-15-12-26(37-40)21-29(25)28)24-10-13-27(14-11-24)38-18-7-6-8-19-38/h10-11,13-14,21,25-26,30-33H,6-9,12,15-20,22-23H2,1-3H3/t25?,26?,30-,31+,32-,33+,36-/m0/s1. The summed E-state index contributed by atoms with van der Waals surface area (Å²) in [5.41, 5.74) is 7.10. The largest absolute Gasteiger partial charge is 0.377 e. The van der Waals surface area contributed by atoms with E-state index in [1.54, 1.807) is 12.7 Å². The minimum Gasteiger partial charge on any atom is -0.377 e. The molecule has 1 saturated heterocycles. The summed E-state index contributed by atoms with van der Waals surface area (Å²) in [6.45, 7) is 6.83. The molecule has 1 aromatic carbocycles. The average molecular weight is 555 g/mol. The highest BCUT2D eigenvalue weighted by atomic mass is 16.5. The van der Waals surface area contributed by atoms with Crippen LogP contribution in [0.15, 0.2) is 52.2 Å². The first-order chi connectivity index (χ1) is 20.0. The molecule has 0 radical (unpaired) electrons. The van der Waals surface area contributed by atoms with Gasteiger partial charge >= 0.3 is 0 Å². The van der Waals surface area contributed by atoms with Crippen LogP contribution in [0.3, 0.4) is 0 Å². The van der Waals surface area contributed by atoms with Gasteiger partial charge in [0.2, 0.25) is 0 Å². The first kappa shape index (κ1) is 28.4. The van der Waals surface area contributed by atoms with E-state index in [1.807, 2.05) is 6.92 Å². The van der Waals surface area contributed by atoms with Crippen LogP contribution in [0.4, 0.5) is 5.69 Å². The van der Waals surface area contributed by atoms with Gasteiger partial charge in [-0.15, -0.1) is 11.8 Å². The Morgan fingerprint density at radius 1 is 1.12 bits per heavy atom. The number of methoxy groups -OCH3 is 1. The van der Waals surface area contributed by atoms with Gasteiger partial charge in [-0.2, -0.15) is 4.91 Å². The molecule has 7 atom stereocenters. The number of carbonyl (C=O) groups is 1. The zero-order chi connectivity index (χ0) is 28.6. The lowest BCUT2D eigenvalue weighted by atomic mass is 9.50. The minimum atomic E-state index is -0.235. The number of fused-ring (bicyclic) bond motifs is 4. The van der Waals surface area contributed by atoms with Gasteiger partial charge in [0, 0.05) is 44.1 Å². The average Bonchev–Trinajstić information content (AvgIpc) is 3.37. The molecule has 6 rings (SSSR count). The third-order valence-electron chi connectivity index (χ3n) is 11.4. The Balaban J connectivity index is 1.45. The van der Waals surface area contributed by atoms with Crippen molar-refractivity contribution in [3.8, 4) is 11.8 Å². The van der Waals surface area contributed by atoms with E-state index in [9.17, 15) is 9.70 Å². The number of piperidine rings is 1. The number of hydrogen-bond acceptors (Lipinski definition) is 5. The molecule has 3 fully saturated rings. The van der Waals surface area contributed by atoms with Gasteiger partial charge in [-0.1, -0.05) is 35.9 Å². The maximum atomic E-state index is 13.4. The highest BCUT2D eigenvalue weighted by molar-refractivity contribution is 5.83. The summed E-state index contributed by atoms with van der Waals surface area (Å²) in [5, 5.41) is 3.46. The van der Waals surface area contributed by atoms with Crippen LogP contribution in [-0.4, -0.2) is 38.6 Å². The van der Waals surface area contributed by atoms with Gasteiger partial charge in [-0.3, -0.25) is 4.79 Å². The third kappa shape index (κ3) is 5.11. The number of hydrogen-bond donors (Lipinski definition) is 0. The number of Topliss-reactive ketones (excluding diaryl/α,β-unsaturated/α-hetero) is 1. The Bertz CT molecular complexity index is 1280. The van der Waals surface area contributed by atoms with Crippen molar-refractivity contribution in [2.75, 3.05) is 31.7 Å². The number of ketones is 1. The summed E-state index contributed by atoms with van der Waals surface area (Å²) in [7, 11) is 1.64. The van der Waals surface area contributed by atoms with Crippen molar-refractivity contribution in [1.82, 2.24) is 0 Å². The fraction of sp³-hybridized carbons (Fsp3) is 0.639. The zero-order valence-electron chi connectivity index (χ0n) is 25.2. The lowest BCUT2D eigenvalue weighted by Crippen LogP contribution is -2.46. The molecular formula is C36H46N2O3. The SMILES string of the molecule is CC#CCC1C[C@@H]2C(=C3CCC(N=O)C=C31)[C@@H](c1ccc(N3CCCCC3)cc1)C[C@]1(C)[C@@H](C(=O)COC)CC[C@@H]21. The first-order valence-electron chi connectivity index (χ1n) is 16.0. The van der Waals surface area contributed by atoms with E-state index in [0.29, 0.717) is 17.8 Å². The molecule has 2 unspecified atom stereocenters. The summed E-state index contributed by atoms with van der Waals surface area (Å²) >= 11 is 0. The number of allylic oxidation sites excluding steroid dienone is 3. The van der Waals surface area contributed by atoms with Gasteiger partial charge in [-0.25, -0.2) is 0 Å². The summed E-state index contributed by atoms with van der Waals surface area (Å²) in [6, 6.07) is 9.19. The van der Waals surface area contributed by atoms with E-state index >= 15 is 0 Å². The number of benzene rings is 1. The molecule has 0 amide bonds. The zero-order valence-corrected chi connectivity index (χ0v) is 25.2. The number of carbonyl (C=O) groups excluding carboxylic acids is 1. The van der Waals surface area contributed by atoms with Crippen LogP contribution in [0, 0.1) is 45.8 Å². The molecule has 0 bridgehead atoms. The van der Waals surface area contributed by atoms with E-state index < -0.39 is 0 Å². The number of anilines is 1. The molecule has 218 valence electrons. The van der Waals surface area contributed by atoms with Gasteiger partial charge < -0.3 is 9.64 Å². The van der Waals surface area contributed by atoms with Crippen LogP contribution in [-0.2, 0) is 9.53 Å². The van der Waals surface area contributed by atoms with Gasteiger partial charge in [0.05, 0.1) is 0 Å². The highest BCUT2D eigenvalue weighted by Crippen LogP contribution is 2.66. The molecular weight excluding hydrogens is 508 g/mol. The van der Waals surface area contributed by atoms with Gasteiger partial charge in [-0.05, 0) is 117 Å². The molecule has 1 heterocycles. The van der Waals surface area contributed by atoms with Crippen LogP contribution >= 0.6 is 0 Å². The van der Waals surface area contributed by atoms with Crippen molar-refractivity contribution in [1.29, 1.82) is 0 Å². The summed E-state index contributed by atoms with van der Waals surface area (Å²) < 4.78 is 5.36. The Kier molecular flexibility index (Phi) is 8.23. The molecule has 5 nitrogen and oxygen atoms in total. The fourth-order valence-corrected chi connectivity index (χ4v) is 9.56. The molecule has 4 aliphatic carbocycles. The van der Waals surface area contributed by atoms with Crippen LogP contribution in [0.5, 0.6) is 0 Å². The summed E-state index contributed by atoms with van der Waals surface area (Å²) in [4.78, 5) is 27.6. The fourth-order valence-electron chi connectivity index (χ4n) is 9.56. The van der Waals surface area contributed by atoms with Crippen molar-refractivity contribution in [2.45, 2.75) is 90.0 Å². The maximum absolute atomic E-state index is 13.4. The van der Waals surface area contributed by atoms with E-state index in [0.717, 1.165) is 58.0 Å². The second-order valence-corrected chi connectivity index (χ2v) is 13.5. The second kappa shape index (κ2) is 11.9. The van der Waals surface area contributed by atoms with Crippen molar-refractivity contribution >= 4 is 11.5 Å². The van der Waals surface area contributed by atoms with E-state index in [2.05, 4.69) is 59.2 Å². The molecule has 0 spiro atoms. The van der Waals surface area contributed by atoms with Crippen LogP contribution < -0.4 is 4.90 Å². The van der Waals surface area contributed by atoms with E-state index in [1.165, 1.54) is 41.7 Å². The third-order valence-corrected chi connectivity index (χ3v) is 11.4. The molecule has 1 aliphatic heterocycles. The minimum absolute atomic E-state index is 0.0509. The predicted molar refractivity (Wildman–Crippen MR) is 165 cm³/mol. The summed E-state index contributed by atoms with van der Waals surface area (Å²) in [5.74, 6) is 8.36. The van der Waals surface area contributed by atoms with E-state index in [4.69, 9.17) is 4.74 Å². The lowest BCUT2D eigenvalue weighted by molar-refractivity contribution is -0.131. The van der Waals surface area contributed by atoms with E-state index in [-0.39, 0.29) is 35.7 Å². The highest BCUT2D eigenvalue weighted by Gasteiger charge is 2.58. The van der Waals surface area contributed by atoms with Crippen molar-refractivity contribution in [2.24, 2.45) is 34.3 Å². The van der Waals surface area contributed by atoms with Gasteiger partial charge in [0.15, 0.2) is 5.78 Å². The molecule has 0 aromatic heterocycles. The Morgan fingerprint density at radius 2 is 1.90 bits per heavy atom. The molecule has 1 aromatic rings. The second-order valence-electron chi connectivity index (χ2n) is 13.5. The molecule has 0 N–H and O–H groups in total. The lowest BCUT2D eigenvalue weighted by Gasteiger charge is -2.54. The molecule has 5 heteroatoms. The Hall–Kier alpha value is -2.71. The maximum Gasteiger partial charge on any atom is 0.162 e. The van der Waals surface area contributed by atoms with Crippen molar-refractivity contribution in [3.05, 3.63) is 57.5 Å². The van der Waals surface area contributed by atoms with Gasteiger partial charge in [0.1, 0.15) is 12.6 Å². The predicted octanol–water partition coefficient (Wildman–Crippen LogP) is 7.61. The number of rotatable bonds is 7. The van der Waals surface area contributed by atoms with Crippen LogP contribution in [0.2, 0.25) is 0 Å². The number of nitrogens with zero attached hydrogens (tertiary/aromatic N) is 2.